The molecule has 0 bridgehead atoms. The summed E-state index contributed by atoms with van der Waals surface area (Å²) < 4.78 is 27.0. The highest BCUT2D eigenvalue weighted by molar-refractivity contribution is 7.90. The van der Waals surface area contributed by atoms with Crippen LogP contribution in [0.15, 0.2) is 0 Å². The Balaban J connectivity index is 2.25. The minimum Gasteiger partial charge on any atom is -0.390 e. The van der Waals surface area contributed by atoms with Crippen LogP contribution in [0, 0.1) is 5.92 Å². The molecule has 0 aliphatic heterocycles. The molecule has 0 aromatic carbocycles. The van der Waals surface area contributed by atoms with Crippen molar-refractivity contribution in [1.29, 1.82) is 0 Å². The van der Waals surface area contributed by atoms with Crippen molar-refractivity contribution in [3.8, 4) is 0 Å². The van der Waals surface area contributed by atoms with E-state index in [0.29, 0.717) is 18.8 Å². The first-order valence-corrected chi connectivity index (χ1v) is 7.38. The number of hydrogen-bond donors (Lipinski definition) is 1. The molecule has 4 nitrogen and oxygen atoms in total. The lowest BCUT2D eigenvalue weighted by Gasteiger charge is -2.20. The van der Waals surface area contributed by atoms with Gasteiger partial charge in [-0.15, -0.1) is 0 Å². The number of hydrogen-bond acceptors (Lipinski definition) is 4. The molecule has 1 saturated carbocycles. The lowest BCUT2D eigenvalue weighted by atomic mass is 10.1. The number of aliphatic hydroxyl groups excluding tert-OH is 1. The summed E-state index contributed by atoms with van der Waals surface area (Å²) in [5.74, 6) is 0.619. The Kier molecular flexibility index (Phi) is 4.55. The first-order chi connectivity index (χ1) is 6.94. The monoisotopic (exact) mass is 236 g/mol. The quantitative estimate of drug-likeness (QED) is 0.703. The number of sulfone groups is 1. The van der Waals surface area contributed by atoms with Crippen molar-refractivity contribution in [3.63, 3.8) is 0 Å². The molecule has 0 heterocycles. The molecular weight excluding hydrogens is 216 g/mol. The molecule has 90 valence electrons. The minimum absolute atomic E-state index is 0.107. The Morgan fingerprint density at radius 3 is 2.47 bits per heavy atom. The van der Waals surface area contributed by atoms with Gasteiger partial charge in [-0.2, -0.15) is 0 Å². The molecule has 0 amide bonds. The molecule has 0 saturated heterocycles. The highest BCUT2D eigenvalue weighted by Crippen LogP contribution is 2.36. The van der Waals surface area contributed by atoms with Gasteiger partial charge >= 0.3 is 0 Å². The molecule has 0 aromatic rings. The zero-order chi connectivity index (χ0) is 11.5. The summed E-state index contributed by atoms with van der Waals surface area (Å²) in [4.78, 5) is 0. The van der Waals surface area contributed by atoms with E-state index in [-0.39, 0.29) is 11.9 Å². The van der Waals surface area contributed by atoms with Gasteiger partial charge in [-0.3, -0.25) is 0 Å². The second kappa shape index (κ2) is 5.27. The molecule has 1 aliphatic rings. The van der Waals surface area contributed by atoms with Crippen molar-refractivity contribution in [1.82, 2.24) is 0 Å². The van der Waals surface area contributed by atoms with Crippen LogP contribution in [-0.4, -0.2) is 44.9 Å². The van der Waals surface area contributed by atoms with Gasteiger partial charge in [0.05, 0.1) is 12.2 Å². The van der Waals surface area contributed by atoms with Gasteiger partial charge in [-0.25, -0.2) is 8.42 Å². The lowest BCUT2D eigenvalue weighted by molar-refractivity contribution is -0.0280. The van der Waals surface area contributed by atoms with Gasteiger partial charge in [0.25, 0.3) is 0 Å². The molecule has 1 fully saturated rings. The first kappa shape index (κ1) is 12.9. The third kappa shape index (κ3) is 4.95. The molecule has 0 aromatic heterocycles. The Morgan fingerprint density at radius 1 is 1.47 bits per heavy atom. The van der Waals surface area contributed by atoms with Crippen LogP contribution < -0.4 is 0 Å². The Morgan fingerprint density at radius 2 is 2.07 bits per heavy atom. The van der Waals surface area contributed by atoms with Crippen LogP contribution in [0.3, 0.4) is 0 Å². The summed E-state index contributed by atoms with van der Waals surface area (Å²) in [6.45, 7) is 0. The highest BCUT2D eigenvalue weighted by atomic mass is 32.2. The summed E-state index contributed by atoms with van der Waals surface area (Å²) in [5.41, 5.74) is 0. The van der Waals surface area contributed by atoms with Crippen molar-refractivity contribution in [2.75, 3.05) is 19.1 Å². The zero-order valence-corrected chi connectivity index (χ0v) is 10.2. The number of rotatable bonds is 7. The van der Waals surface area contributed by atoms with E-state index in [4.69, 9.17) is 4.74 Å². The molecular formula is C10H20O4S. The van der Waals surface area contributed by atoms with E-state index in [1.807, 2.05) is 0 Å². The fraction of sp³-hybridized carbons (Fsp3) is 1.00. The normalized spacial score (nSPS) is 21.3. The molecule has 5 heteroatoms. The van der Waals surface area contributed by atoms with Crippen LogP contribution in [0.25, 0.3) is 0 Å². The van der Waals surface area contributed by atoms with Crippen molar-refractivity contribution in [2.24, 2.45) is 5.92 Å². The predicted octanol–water partition coefficient (Wildman–Crippen LogP) is 0.597. The molecule has 2 atom stereocenters. The molecule has 1 aliphatic carbocycles. The second-order valence-corrected chi connectivity index (χ2v) is 6.64. The van der Waals surface area contributed by atoms with Crippen LogP contribution >= 0.6 is 0 Å². The topological polar surface area (TPSA) is 63.6 Å². The third-order valence-electron chi connectivity index (χ3n) is 2.75. The maximum absolute atomic E-state index is 10.9. The van der Waals surface area contributed by atoms with Crippen LogP contribution in [0.4, 0.5) is 0 Å². The summed E-state index contributed by atoms with van der Waals surface area (Å²) >= 11 is 0. The van der Waals surface area contributed by atoms with Crippen molar-refractivity contribution >= 4 is 9.84 Å². The highest BCUT2D eigenvalue weighted by Gasteiger charge is 2.35. The van der Waals surface area contributed by atoms with Crippen molar-refractivity contribution < 1.29 is 18.3 Å². The van der Waals surface area contributed by atoms with Gasteiger partial charge in [0.2, 0.25) is 0 Å². The van der Waals surface area contributed by atoms with E-state index in [1.165, 1.54) is 6.26 Å². The average Bonchev–Trinajstić information content (AvgIpc) is 2.87. The standard InChI is InChI=1S/C10H20O4S/c1-14-10(8-5-6-8)9(11)4-3-7-15(2,12)13/h8-11H,3-7H2,1-2H3. The van der Waals surface area contributed by atoms with E-state index in [9.17, 15) is 13.5 Å². The van der Waals surface area contributed by atoms with Gasteiger partial charge in [-0.1, -0.05) is 0 Å². The van der Waals surface area contributed by atoms with E-state index in [0.717, 1.165) is 12.8 Å². The molecule has 15 heavy (non-hydrogen) atoms. The predicted molar refractivity (Wildman–Crippen MR) is 58.5 cm³/mol. The molecule has 0 spiro atoms. The summed E-state index contributed by atoms with van der Waals surface area (Å²) in [6.07, 6.45) is 3.82. The number of aliphatic hydroxyl groups is 1. The molecule has 1 N–H and O–H groups in total. The fourth-order valence-corrected chi connectivity index (χ4v) is 2.50. The molecule has 0 radical (unpaired) electrons. The molecule has 2 unspecified atom stereocenters. The minimum atomic E-state index is -2.91. The van der Waals surface area contributed by atoms with Gasteiger partial charge in [0, 0.05) is 19.1 Å². The van der Waals surface area contributed by atoms with E-state index < -0.39 is 15.9 Å². The van der Waals surface area contributed by atoms with Crippen LogP contribution in [0.5, 0.6) is 0 Å². The van der Waals surface area contributed by atoms with E-state index >= 15 is 0 Å². The van der Waals surface area contributed by atoms with Gasteiger partial charge in [-0.05, 0) is 31.6 Å². The third-order valence-corrected chi connectivity index (χ3v) is 3.78. The average molecular weight is 236 g/mol. The van der Waals surface area contributed by atoms with E-state index in [1.54, 1.807) is 7.11 Å². The smallest absolute Gasteiger partial charge is 0.147 e. The second-order valence-electron chi connectivity index (χ2n) is 4.38. The Labute approximate surface area is 91.6 Å². The molecule has 1 rings (SSSR count). The van der Waals surface area contributed by atoms with Gasteiger partial charge in [0.15, 0.2) is 0 Å². The van der Waals surface area contributed by atoms with Gasteiger partial charge in [0.1, 0.15) is 9.84 Å². The maximum Gasteiger partial charge on any atom is 0.147 e. The van der Waals surface area contributed by atoms with Crippen molar-refractivity contribution in [2.45, 2.75) is 37.9 Å². The van der Waals surface area contributed by atoms with Crippen LogP contribution in [0.2, 0.25) is 0 Å². The van der Waals surface area contributed by atoms with Gasteiger partial charge < -0.3 is 9.84 Å². The number of methoxy groups -OCH3 is 1. The summed E-state index contributed by atoms with van der Waals surface area (Å²) in [6, 6.07) is 0. The SMILES string of the molecule is COC(C(O)CCCS(C)(=O)=O)C1CC1. The van der Waals surface area contributed by atoms with Crippen LogP contribution in [0.1, 0.15) is 25.7 Å². The first-order valence-electron chi connectivity index (χ1n) is 5.32. The van der Waals surface area contributed by atoms with E-state index in [2.05, 4.69) is 0 Å². The summed E-state index contributed by atoms with van der Waals surface area (Å²) in [5, 5.41) is 9.80. The largest absolute Gasteiger partial charge is 0.390 e. The van der Waals surface area contributed by atoms with Crippen LogP contribution in [-0.2, 0) is 14.6 Å². The number of ether oxygens (including phenoxy) is 1. The zero-order valence-electron chi connectivity index (χ0n) is 9.35. The fourth-order valence-electron chi connectivity index (χ4n) is 1.81. The van der Waals surface area contributed by atoms with Crippen molar-refractivity contribution in [3.05, 3.63) is 0 Å². The maximum atomic E-state index is 10.9. The lowest BCUT2D eigenvalue weighted by Crippen LogP contribution is -2.30. The Bertz CT molecular complexity index is 282. The Hall–Kier alpha value is -0.130. The summed E-state index contributed by atoms with van der Waals surface area (Å²) in [7, 11) is -1.31.